The van der Waals surface area contributed by atoms with Crippen LogP contribution in [0.15, 0.2) is 42.5 Å². The highest BCUT2D eigenvalue weighted by molar-refractivity contribution is 5.91. The fraction of sp³-hybridized carbons (Fsp3) is 0.316. The molecule has 0 heterocycles. The molecule has 2 rings (SSSR count). The van der Waals surface area contributed by atoms with Crippen LogP contribution in [0.25, 0.3) is 10.8 Å². The van der Waals surface area contributed by atoms with E-state index < -0.39 is 23.8 Å². The van der Waals surface area contributed by atoms with Crippen LogP contribution < -0.4 is 10.6 Å². The summed E-state index contributed by atoms with van der Waals surface area (Å²) >= 11 is 0. The molecular weight excluding hydrogens is 320 g/mol. The number of carbonyl (C=O) groups is 3. The van der Waals surface area contributed by atoms with Gasteiger partial charge in [0, 0.05) is 6.04 Å². The molecule has 0 radical (unpaired) electrons. The number of carbonyl (C=O) groups excluding carboxylic acids is 2. The number of carboxylic acids is 1. The van der Waals surface area contributed by atoms with Crippen LogP contribution >= 0.6 is 0 Å². The Morgan fingerprint density at radius 1 is 1.00 bits per heavy atom. The second-order valence-corrected chi connectivity index (χ2v) is 6.07. The van der Waals surface area contributed by atoms with Crippen LogP contribution in [-0.2, 0) is 20.8 Å². The van der Waals surface area contributed by atoms with Gasteiger partial charge in [0.25, 0.3) is 0 Å². The maximum absolute atomic E-state index is 12.1. The molecule has 3 N–H and O–H groups in total. The smallest absolute Gasteiger partial charge is 0.308 e. The monoisotopic (exact) mass is 342 g/mol. The van der Waals surface area contributed by atoms with Gasteiger partial charge in [0.2, 0.25) is 11.8 Å². The normalized spacial score (nSPS) is 13.0. The number of rotatable bonds is 7. The molecule has 2 unspecified atom stereocenters. The average molecular weight is 342 g/mol. The van der Waals surface area contributed by atoms with E-state index in [9.17, 15) is 14.4 Å². The molecule has 132 valence electrons. The molecule has 0 fully saturated rings. The highest BCUT2D eigenvalue weighted by Crippen LogP contribution is 2.18. The molecule has 2 amide bonds. The maximum Gasteiger partial charge on any atom is 0.308 e. The van der Waals surface area contributed by atoms with Crippen molar-refractivity contribution >= 4 is 28.6 Å². The number of benzene rings is 2. The van der Waals surface area contributed by atoms with Gasteiger partial charge in [-0.25, -0.2) is 0 Å². The van der Waals surface area contributed by atoms with E-state index in [0.29, 0.717) is 0 Å². The van der Waals surface area contributed by atoms with Gasteiger partial charge < -0.3 is 15.7 Å². The molecule has 6 heteroatoms. The first-order valence-electron chi connectivity index (χ1n) is 8.14. The van der Waals surface area contributed by atoms with Crippen molar-refractivity contribution in [2.24, 2.45) is 5.92 Å². The summed E-state index contributed by atoms with van der Waals surface area (Å²) in [4.78, 5) is 34.8. The number of nitrogens with one attached hydrogen (secondary N) is 2. The minimum absolute atomic E-state index is 0.176. The zero-order valence-corrected chi connectivity index (χ0v) is 14.3. The van der Waals surface area contributed by atoms with Gasteiger partial charge >= 0.3 is 5.97 Å². The molecule has 6 nitrogen and oxygen atoms in total. The van der Waals surface area contributed by atoms with Crippen molar-refractivity contribution in [3.63, 3.8) is 0 Å². The Morgan fingerprint density at radius 2 is 1.68 bits per heavy atom. The lowest BCUT2D eigenvalue weighted by molar-refractivity contribution is -0.142. The van der Waals surface area contributed by atoms with Crippen LogP contribution in [0.4, 0.5) is 0 Å². The van der Waals surface area contributed by atoms with Gasteiger partial charge in [-0.1, -0.05) is 42.5 Å². The lowest BCUT2D eigenvalue weighted by Gasteiger charge is -2.17. The minimum atomic E-state index is -0.979. The molecule has 0 aliphatic rings. The summed E-state index contributed by atoms with van der Waals surface area (Å²) in [5.41, 5.74) is 0.892. The van der Waals surface area contributed by atoms with Gasteiger partial charge in [-0.15, -0.1) is 0 Å². The first-order valence-corrected chi connectivity index (χ1v) is 8.14. The van der Waals surface area contributed by atoms with E-state index in [2.05, 4.69) is 10.6 Å². The second kappa shape index (κ2) is 8.28. The van der Waals surface area contributed by atoms with Gasteiger partial charge in [0.1, 0.15) is 0 Å². The summed E-state index contributed by atoms with van der Waals surface area (Å²) in [7, 11) is 0. The van der Waals surface area contributed by atoms with Crippen LogP contribution in [0.2, 0.25) is 0 Å². The van der Waals surface area contributed by atoms with Crippen molar-refractivity contribution in [1.82, 2.24) is 10.6 Å². The SMILES string of the molecule is CC(NC(=O)CNC(=O)Cc1cccc2ccccc12)C(C)C(=O)O. The number of aliphatic carboxylic acids is 1. The summed E-state index contributed by atoms with van der Waals surface area (Å²) in [5, 5.41) is 16.1. The Morgan fingerprint density at radius 3 is 2.40 bits per heavy atom. The zero-order chi connectivity index (χ0) is 18.4. The van der Waals surface area contributed by atoms with E-state index >= 15 is 0 Å². The minimum Gasteiger partial charge on any atom is -0.481 e. The van der Waals surface area contributed by atoms with Gasteiger partial charge in [0.05, 0.1) is 18.9 Å². The molecule has 0 aliphatic carbocycles. The van der Waals surface area contributed by atoms with Gasteiger partial charge in [-0.05, 0) is 30.2 Å². The molecule has 2 aromatic rings. The summed E-state index contributed by atoms with van der Waals surface area (Å²) in [6.45, 7) is 2.96. The molecule has 0 aromatic heterocycles. The van der Waals surface area contributed by atoms with Crippen LogP contribution in [0.3, 0.4) is 0 Å². The Labute approximate surface area is 146 Å². The largest absolute Gasteiger partial charge is 0.481 e. The van der Waals surface area contributed by atoms with Crippen molar-refractivity contribution in [3.8, 4) is 0 Å². The third kappa shape index (κ3) is 5.04. The average Bonchev–Trinajstić information content (AvgIpc) is 2.59. The number of hydrogen-bond donors (Lipinski definition) is 3. The Kier molecular flexibility index (Phi) is 6.11. The van der Waals surface area contributed by atoms with Gasteiger partial charge in [-0.2, -0.15) is 0 Å². The molecule has 2 aromatic carbocycles. The topological polar surface area (TPSA) is 95.5 Å². The first kappa shape index (κ1) is 18.4. The third-order valence-electron chi connectivity index (χ3n) is 4.21. The lowest BCUT2D eigenvalue weighted by Crippen LogP contribution is -2.45. The van der Waals surface area contributed by atoms with E-state index in [1.54, 1.807) is 6.92 Å². The quantitative estimate of drug-likeness (QED) is 0.714. The molecule has 25 heavy (non-hydrogen) atoms. The molecule has 0 saturated heterocycles. The van der Waals surface area contributed by atoms with Gasteiger partial charge in [-0.3, -0.25) is 14.4 Å². The number of fused-ring (bicyclic) bond motifs is 1. The van der Waals surface area contributed by atoms with Crippen molar-refractivity contribution in [3.05, 3.63) is 48.0 Å². The summed E-state index contributed by atoms with van der Waals surface area (Å²) < 4.78 is 0. The second-order valence-electron chi connectivity index (χ2n) is 6.07. The molecular formula is C19H22N2O4. The van der Waals surface area contributed by atoms with Crippen LogP contribution in [0.5, 0.6) is 0 Å². The maximum atomic E-state index is 12.1. The molecule has 2 atom stereocenters. The van der Waals surface area contributed by atoms with Crippen LogP contribution in [-0.4, -0.2) is 35.5 Å². The first-order chi connectivity index (χ1) is 11.9. The van der Waals surface area contributed by atoms with E-state index in [4.69, 9.17) is 5.11 Å². The van der Waals surface area contributed by atoms with E-state index in [0.717, 1.165) is 16.3 Å². The summed E-state index contributed by atoms with van der Waals surface area (Å²) in [5.74, 6) is -2.35. The highest BCUT2D eigenvalue weighted by Gasteiger charge is 2.21. The zero-order valence-electron chi connectivity index (χ0n) is 14.3. The van der Waals surface area contributed by atoms with E-state index in [1.807, 2.05) is 42.5 Å². The Hall–Kier alpha value is -2.89. The summed E-state index contributed by atoms with van der Waals surface area (Å²) in [6.07, 6.45) is 0.176. The standard InChI is InChI=1S/C19H22N2O4/c1-12(19(24)25)13(2)21-18(23)11-20-17(22)10-15-8-5-7-14-6-3-4-9-16(14)15/h3-9,12-13H,10-11H2,1-2H3,(H,20,22)(H,21,23)(H,24,25). The van der Waals surface area contributed by atoms with Crippen LogP contribution in [0.1, 0.15) is 19.4 Å². The third-order valence-corrected chi connectivity index (χ3v) is 4.21. The number of carboxylic acid groups (broad SMARTS) is 1. The number of hydrogen-bond acceptors (Lipinski definition) is 3. The predicted molar refractivity (Wildman–Crippen MR) is 95.1 cm³/mol. The fourth-order valence-electron chi connectivity index (χ4n) is 2.50. The van der Waals surface area contributed by atoms with E-state index in [-0.39, 0.29) is 18.9 Å². The van der Waals surface area contributed by atoms with Crippen LogP contribution in [0, 0.1) is 5.92 Å². The Balaban J connectivity index is 1.88. The molecule has 0 spiro atoms. The van der Waals surface area contributed by atoms with Crippen molar-refractivity contribution in [2.75, 3.05) is 6.54 Å². The van der Waals surface area contributed by atoms with Crippen molar-refractivity contribution in [2.45, 2.75) is 26.3 Å². The summed E-state index contributed by atoms with van der Waals surface area (Å²) in [6, 6.07) is 13.0. The number of amides is 2. The van der Waals surface area contributed by atoms with Crippen molar-refractivity contribution < 1.29 is 19.5 Å². The van der Waals surface area contributed by atoms with Gasteiger partial charge in [0.15, 0.2) is 0 Å². The molecule has 0 bridgehead atoms. The van der Waals surface area contributed by atoms with Crippen molar-refractivity contribution in [1.29, 1.82) is 0 Å². The highest BCUT2D eigenvalue weighted by atomic mass is 16.4. The molecule has 0 saturated carbocycles. The lowest BCUT2D eigenvalue weighted by atomic mass is 10.0. The Bertz CT molecular complexity index is 783. The fourth-order valence-corrected chi connectivity index (χ4v) is 2.50. The predicted octanol–water partition coefficient (Wildman–Crippen LogP) is 1.72. The molecule has 0 aliphatic heterocycles. The van der Waals surface area contributed by atoms with E-state index in [1.165, 1.54) is 6.92 Å².